The first-order chi connectivity index (χ1) is 21.6. The minimum atomic E-state index is -4.65. The SMILES string of the molecule is COc1cc(C(=O)NC[C@](O)(c2cc(C(F)(F)C(N)=O)c(F)c(-c3cc(Cl)c(F)cc3F)n2)C2CC2)cc2cn(C3(F)CC3)nc12. The summed E-state index contributed by atoms with van der Waals surface area (Å²) < 4.78 is 95.3. The summed E-state index contributed by atoms with van der Waals surface area (Å²) in [5.74, 6) is -14.3. The molecule has 0 saturated heterocycles. The minimum absolute atomic E-state index is 0.0162. The lowest BCUT2D eigenvalue weighted by Gasteiger charge is -2.30. The van der Waals surface area contributed by atoms with Crippen molar-refractivity contribution >= 4 is 34.3 Å². The molecule has 2 fully saturated rings. The molecule has 2 aromatic carbocycles. The van der Waals surface area contributed by atoms with Gasteiger partial charge in [-0.2, -0.15) is 13.9 Å². The molecule has 1 atom stereocenters. The predicted octanol–water partition coefficient (Wildman–Crippen LogP) is 5.20. The number of aromatic nitrogens is 3. The Morgan fingerprint density at radius 3 is 2.46 bits per heavy atom. The van der Waals surface area contributed by atoms with Crippen LogP contribution in [0, 0.1) is 23.4 Å². The maximum Gasteiger partial charge on any atom is 0.352 e. The van der Waals surface area contributed by atoms with E-state index in [9.17, 15) is 36.6 Å². The van der Waals surface area contributed by atoms with Gasteiger partial charge in [-0.25, -0.2) is 27.2 Å². The van der Waals surface area contributed by atoms with Gasteiger partial charge in [0.1, 0.15) is 34.2 Å². The number of halogens is 7. The molecule has 2 aliphatic rings. The normalized spacial score (nSPS) is 17.1. The number of ether oxygens (including phenoxy) is 1. The third-order valence-corrected chi connectivity index (χ3v) is 8.50. The van der Waals surface area contributed by atoms with Gasteiger partial charge in [0.05, 0.1) is 29.9 Å². The Labute approximate surface area is 261 Å². The van der Waals surface area contributed by atoms with Gasteiger partial charge >= 0.3 is 5.92 Å². The second kappa shape index (κ2) is 10.9. The highest BCUT2D eigenvalue weighted by Crippen LogP contribution is 2.48. The molecule has 46 heavy (non-hydrogen) atoms. The number of hydrogen-bond acceptors (Lipinski definition) is 6. The number of nitrogens with one attached hydrogen (secondary N) is 1. The van der Waals surface area contributed by atoms with E-state index in [0.717, 1.165) is 4.68 Å². The highest BCUT2D eigenvalue weighted by Gasteiger charge is 2.50. The van der Waals surface area contributed by atoms with E-state index < -0.39 is 86.6 Å². The van der Waals surface area contributed by atoms with Gasteiger partial charge in [0.15, 0.2) is 5.82 Å². The van der Waals surface area contributed by atoms with E-state index in [1.54, 1.807) is 0 Å². The van der Waals surface area contributed by atoms with Gasteiger partial charge in [-0.05, 0) is 43.0 Å². The fourth-order valence-electron chi connectivity index (χ4n) is 5.24. The molecule has 9 nitrogen and oxygen atoms in total. The molecule has 4 N–H and O–H groups in total. The quantitative estimate of drug-likeness (QED) is 0.157. The van der Waals surface area contributed by atoms with Crippen LogP contribution >= 0.6 is 11.6 Å². The maximum absolute atomic E-state index is 15.6. The van der Waals surface area contributed by atoms with Crippen molar-refractivity contribution in [1.82, 2.24) is 20.1 Å². The third-order valence-electron chi connectivity index (χ3n) is 8.21. The molecule has 0 bridgehead atoms. The van der Waals surface area contributed by atoms with Crippen LogP contribution in [0.25, 0.3) is 22.2 Å². The molecule has 0 unspecified atom stereocenters. The first-order valence-corrected chi connectivity index (χ1v) is 14.3. The standard InChI is InChI=1S/C30H24ClF6N5O4/c1-46-21-7-13(6-14-11-42(41-24(14)21)28(35)4-5-28)26(43)39-12-29(45,15-2-3-15)22-9-17(30(36,37)27(38)44)23(34)25(40-22)16-8-18(31)20(33)10-19(16)32/h6-11,15,45H,2-5,12H2,1H3,(H2,38,44)(H,39,43)/t29-/m1/s1. The third kappa shape index (κ3) is 5.30. The molecule has 2 amide bonds. The molecule has 2 saturated carbocycles. The van der Waals surface area contributed by atoms with E-state index in [0.29, 0.717) is 35.9 Å². The van der Waals surface area contributed by atoms with Crippen molar-refractivity contribution in [2.75, 3.05) is 13.7 Å². The number of primary amides is 1. The van der Waals surface area contributed by atoms with Crippen LogP contribution in [0.3, 0.4) is 0 Å². The molecule has 4 aromatic rings. The molecule has 0 radical (unpaired) electrons. The highest BCUT2D eigenvalue weighted by molar-refractivity contribution is 6.31. The van der Waals surface area contributed by atoms with E-state index >= 15 is 4.39 Å². The molecule has 16 heteroatoms. The lowest BCUT2D eigenvalue weighted by atomic mass is 9.89. The lowest BCUT2D eigenvalue weighted by molar-refractivity contribution is -0.143. The first-order valence-electron chi connectivity index (χ1n) is 13.9. The number of benzene rings is 2. The Kier molecular flexibility index (Phi) is 7.47. The average molecular weight is 668 g/mol. The van der Waals surface area contributed by atoms with E-state index in [1.165, 1.54) is 25.4 Å². The molecule has 6 rings (SSSR count). The van der Waals surface area contributed by atoms with Crippen LogP contribution in [0.5, 0.6) is 5.75 Å². The molecule has 0 spiro atoms. The summed E-state index contributed by atoms with van der Waals surface area (Å²) >= 11 is 5.74. The van der Waals surface area contributed by atoms with Crippen LogP contribution in [-0.2, 0) is 22.1 Å². The molecule has 0 aliphatic heterocycles. The highest BCUT2D eigenvalue weighted by atomic mass is 35.5. The van der Waals surface area contributed by atoms with Gasteiger partial charge in [-0.1, -0.05) is 11.6 Å². The van der Waals surface area contributed by atoms with Crippen LogP contribution in [-0.4, -0.2) is 45.3 Å². The van der Waals surface area contributed by atoms with E-state index in [1.807, 2.05) is 0 Å². The second-order valence-corrected chi connectivity index (χ2v) is 11.8. The zero-order valence-corrected chi connectivity index (χ0v) is 24.6. The molecule has 2 aromatic heterocycles. The first kappa shape index (κ1) is 31.6. The van der Waals surface area contributed by atoms with Crippen molar-refractivity contribution in [3.63, 3.8) is 0 Å². The van der Waals surface area contributed by atoms with E-state index in [2.05, 4.69) is 15.4 Å². The summed E-state index contributed by atoms with van der Waals surface area (Å²) in [7, 11) is 1.33. The largest absolute Gasteiger partial charge is 0.494 e. The summed E-state index contributed by atoms with van der Waals surface area (Å²) in [4.78, 5) is 28.9. The zero-order chi connectivity index (χ0) is 33.3. The van der Waals surface area contributed by atoms with Crippen molar-refractivity contribution in [2.45, 2.75) is 43.0 Å². The Morgan fingerprint density at radius 1 is 1.15 bits per heavy atom. The molecular formula is C30H24ClF6N5O4. The molecule has 2 aliphatic carbocycles. The van der Waals surface area contributed by atoms with E-state index in [-0.39, 0.29) is 30.2 Å². The Hall–Kier alpha value is -4.37. The van der Waals surface area contributed by atoms with Crippen LogP contribution in [0.2, 0.25) is 5.02 Å². The van der Waals surface area contributed by atoms with E-state index in [4.69, 9.17) is 22.1 Å². The Balaban J connectivity index is 1.40. The van der Waals surface area contributed by atoms with Crippen LogP contribution in [0.4, 0.5) is 26.3 Å². The van der Waals surface area contributed by atoms with Gasteiger partial charge in [-0.15, -0.1) is 0 Å². The lowest BCUT2D eigenvalue weighted by Crippen LogP contribution is -2.44. The van der Waals surface area contributed by atoms with Crippen molar-refractivity contribution in [1.29, 1.82) is 0 Å². The Morgan fingerprint density at radius 2 is 1.85 bits per heavy atom. The number of aliphatic hydroxyl groups is 1. The minimum Gasteiger partial charge on any atom is -0.494 e. The van der Waals surface area contributed by atoms with Gasteiger partial charge in [0.25, 0.3) is 11.8 Å². The number of nitrogens with zero attached hydrogens (tertiary/aromatic N) is 3. The summed E-state index contributed by atoms with van der Waals surface area (Å²) in [5, 5.41) is 18.3. The monoisotopic (exact) mass is 667 g/mol. The number of amides is 2. The summed E-state index contributed by atoms with van der Waals surface area (Å²) in [6.07, 6.45) is 2.66. The van der Waals surface area contributed by atoms with Crippen molar-refractivity contribution in [3.05, 3.63) is 75.8 Å². The molecule has 2 heterocycles. The maximum atomic E-state index is 15.6. The molecule has 242 valence electrons. The molecular weight excluding hydrogens is 644 g/mol. The number of hydrogen-bond donors (Lipinski definition) is 3. The average Bonchev–Trinajstić information content (AvgIpc) is 3.95. The van der Waals surface area contributed by atoms with Crippen molar-refractivity contribution in [3.8, 4) is 17.0 Å². The summed E-state index contributed by atoms with van der Waals surface area (Å²) in [6, 6.07) is 4.08. The number of alkyl halides is 3. The van der Waals surface area contributed by atoms with Crippen LogP contribution in [0.15, 0.2) is 36.5 Å². The number of pyridine rings is 1. The summed E-state index contributed by atoms with van der Waals surface area (Å²) in [6.45, 7) is -0.657. The number of carbonyl (C=O) groups is 2. The Bertz CT molecular complexity index is 1930. The van der Waals surface area contributed by atoms with Gasteiger partial charge < -0.3 is 20.9 Å². The van der Waals surface area contributed by atoms with Crippen LogP contribution in [0.1, 0.15) is 47.3 Å². The van der Waals surface area contributed by atoms with Gasteiger partial charge in [0.2, 0.25) is 5.79 Å². The fourth-order valence-corrected chi connectivity index (χ4v) is 5.41. The fraction of sp³-hybridized carbons (Fsp3) is 0.333. The van der Waals surface area contributed by atoms with Gasteiger partial charge in [0, 0.05) is 41.6 Å². The summed E-state index contributed by atoms with van der Waals surface area (Å²) in [5.41, 5.74) is -1.29. The number of carbonyl (C=O) groups excluding carboxylic acids is 2. The predicted molar refractivity (Wildman–Crippen MR) is 151 cm³/mol. The van der Waals surface area contributed by atoms with Gasteiger partial charge in [-0.3, -0.25) is 9.59 Å². The van der Waals surface area contributed by atoms with Crippen molar-refractivity contribution < 1.29 is 45.8 Å². The topological polar surface area (TPSA) is 132 Å². The smallest absolute Gasteiger partial charge is 0.352 e. The zero-order valence-electron chi connectivity index (χ0n) is 23.8. The number of rotatable bonds is 10. The second-order valence-electron chi connectivity index (χ2n) is 11.4. The van der Waals surface area contributed by atoms with Crippen molar-refractivity contribution in [2.24, 2.45) is 11.7 Å². The number of nitrogens with two attached hydrogens (primary N) is 1. The van der Waals surface area contributed by atoms with Crippen LogP contribution < -0.4 is 15.8 Å². The number of methoxy groups -OCH3 is 1. The number of fused-ring (bicyclic) bond motifs is 1.